The maximum absolute atomic E-state index is 6.62. The molecule has 1 saturated heterocycles. The number of halogens is 1. The zero-order valence-electron chi connectivity index (χ0n) is 12.1. The van der Waals surface area contributed by atoms with Gasteiger partial charge in [-0.2, -0.15) is 0 Å². The minimum atomic E-state index is -0.276. The summed E-state index contributed by atoms with van der Waals surface area (Å²) in [5.74, 6) is -0.274. The number of nitrogens with two attached hydrogens (primary N) is 1. The molecule has 2 aliphatic carbocycles. The van der Waals surface area contributed by atoms with Gasteiger partial charge >= 0.3 is 0 Å². The molecule has 0 amide bonds. The van der Waals surface area contributed by atoms with Gasteiger partial charge in [0.05, 0.1) is 24.4 Å². The molecule has 2 heterocycles. The maximum Gasteiger partial charge on any atom is 0.168 e. The first kappa shape index (κ1) is 14.1. The average molecular weight is 353 g/mol. The smallest absolute Gasteiger partial charge is 0.168 e. The molecule has 1 aromatic rings. The van der Waals surface area contributed by atoms with E-state index in [2.05, 4.69) is 20.9 Å². The minimum Gasteiger partial charge on any atom is -0.348 e. The molecule has 4 rings (SSSR count). The Morgan fingerprint density at radius 1 is 1.10 bits per heavy atom. The van der Waals surface area contributed by atoms with Crippen molar-refractivity contribution >= 4 is 15.9 Å². The third-order valence-electron chi connectivity index (χ3n) is 5.50. The molecule has 1 aliphatic heterocycles. The maximum atomic E-state index is 6.62. The summed E-state index contributed by atoms with van der Waals surface area (Å²) in [7, 11) is 0. The van der Waals surface area contributed by atoms with E-state index in [1.165, 1.54) is 0 Å². The van der Waals surface area contributed by atoms with E-state index < -0.39 is 0 Å². The predicted molar refractivity (Wildman–Crippen MR) is 82.6 cm³/mol. The van der Waals surface area contributed by atoms with Crippen LogP contribution in [0.15, 0.2) is 22.8 Å². The first-order chi connectivity index (χ1) is 10.1. The van der Waals surface area contributed by atoms with Crippen molar-refractivity contribution in [3.8, 4) is 0 Å². The highest BCUT2D eigenvalue weighted by atomic mass is 79.9. The zero-order chi connectivity index (χ0) is 14.6. The SMILES string of the molecule is NC1(c2ncccc2Br)CC2(CCC3(CC2)OCCO3)C1. The highest BCUT2D eigenvalue weighted by Gasteiger charge is 2.58. The van der Waals surface area contributed by atoms with Crippen LogP contribution in [0.25, 0.3) is 0 Å². The van der Waals surface area contributed by atoms with Crippen molar-refractivity contribution in [2.24, 2.45) is 11.1 Å². The van der Waals surface area contributed by atoms with E-state index in [9.17, 15) is 0 Å². The molecule has 2 spiro atoms. The second-order valence-electron chi connectivity index (χ2n) is 6.95. The Morgan fingerprint density at radius 2 is 1.76 bits per heavy atom. The monoisotopic (exact) mass is 352 g/mol. The van der Waals surface area contributed by atoms with Gasteiger partial charge in [-0.25, -0.2) is 0 Å². The van der Waals surface area contributed by atoms with E-state index in [4.69, 9.17) is 15.2 Å². The lowest BCUT2D eigenvalue weighted by Crippen LogP contribution is -2.58. The predicted octanol–water partition coefficient (Wildman–Crippen LogP) is 3.10. The Kier molecular flexibility index (Phi) is 3.20. The fraction of sp³-hybridized carbons (Fsp3) is 0.688. The first-order valence-electron chi connectivity index (χ1n) is 7.73. The van der Waals surface area contributed by atoms with Gasteiger partial charge in [-0.05, 0) is 59.2 Å². The van der Waals surface area contributed by atoms with Gasteiger partial charge in [0, 0.05) is 23.5 Å². The van der Waals surface area contributed by atoms with E-state index >= 15 is 0 Å². The summed E-state index contributed by atoms with van der Waals surface area (Å²) in [6.07, 6.45) is 8.18. The van der Waals surface area contributed by atoms with Crippen LogP contribution >= 0.6 is 15.9 Å². The quantitative estimate of drug-likeness (QED) is 0.843. The standard InChI is InChI=1S/C16H21BrN2O2/c17-12-2-1-7-19-13(12)15(18)10-14(11-15)3-5-16(6-4-14)20-8-9-21-16/h1-2,7H,3-6,8-11,18H2. The van der Waals surface area contributed by atoms with Crippen LogP contribution in [-0.4, -0.2) is 24.0 Å². The summed E-state index contributed by atoms with van der Waals surface area (Å²) >= 11 is 3.59. The summed E-state index contributed by atoms with van der Waals surface area (Å²) in [6, 6.07) is 3.96. The molecule has 3 fully saturated rings. The van der Waals surface area contributed by atoms with Crippen molar-refractivity contribution in [3.05, 3.63) is 28.5 Å². The molecule has 0 radical (unpaired) electrons. The molecule has 0 aromatic carbocycles. The summed E-state index contributed by atoms with van der Waals surface area (Å²) < 4.78 is 12.7. The molecule has 0 unspecified atom stereocenters. The van der Waals surface area contributed by atoms with Gasteiger partial charge in [0.15, 0.2) is 5.79 Å². The van der Waals surface area contributed by atoms with Crippen molar-refractivity contribution in [1.82, 2.24) is 4.98 Å². The molecule has 21 heavy (non-hydrogen) atoms. The largest absolute Gasteiger partial charge is 0.348 e. The number of hydrogen-bond acceptors (Lipinski definition) is 4. The number of hydrogen-bond donors (Lipinski definition) is 1. The molecule has 2 saturated carbocycles. The van der Waals surface area contributed by atoms with Crippen molar-refractivity contribution in [3.63, 3.8) is 0 Å². The Morgan fingerprint density at radius 3 is 2.38 bits per heavy atom. The van der Waals surface area contributed by atoms with Crippen LogP contribution in [0.4, 0.5) is 0 Å². The summed E-state index contributed by atoms with van der Waals surface area (Å²) in [5, 5.41) is 0. The van der Waals surface area contributed by atoms with Crippen LogP contribution in [0.3, 0.4) is 0 Å². The Balaban J connectivity index is 1.46. The van der Waals surface area contributed by atoms with Crippen LogP contribution < -0.4 is 5.73 Å². The second-order valence-corrected chi connectivity index (χ2v) is 7.81. The highest BCUT2D eigenvalue weighted by molar-refractivity contribution is 9.10. The minimum absolute atomic E-state index is 0.274. The molecule has 0 bridgehead atoms. The van der Waals surface area contributed by atoms with Crippen molar-refractivity contribution < 1.29 is 9.47 Å². The summed E-state index contributed by atoms with van der Waals surface area (Å²) in [6.45, 7) is 1.49. The van der Waals surface area contributed by atoms with Gasteiger partial charge in [-0.3, -0.25) is 4.98 Å². The van der Waals surface area contributed by atoms with Crippen molar-refractivity contribution in [2.45, 2.75) is 49.9 Å². The van der Waals surface area contributed by atoms with Gasteiger partial charge in [0.25, 0.3) is 0 Å². The third-order valence-corrected chi connectivity index (χ3v) is 6.14. The van der Waals surface area contributed by atoms with Crippen LogP contribution in [0.1, 0.15) is 44.2 Å². The third kappa shape index (κ3) is 2.25. The number of rotatable bonds is 1. The molecule has 2 N–H and O–H groups in total. The second kappa shape index (κ2) is 4.75. The van der Waals surface area contributed by atoms with Crippen LogP contribution in [0.2, 0.25) is 0 Å². The Labute approximate surface area is 133 Å². The molecular weight excluding hydrogens is 332 g/mol. The van der Waals surface area contributed by atoms with Gasteiger partial charge in [-0.15, -0.1) is 0 Å². The fourth-order valence-corrected chi connectivity index (χ4v) is 5.16. The number of ether oxygens (including phenoxy) is 2. The number of nitrogens with zero attached hydrogens (tertiary/aromatic N) is 1. The fourth-order valence-electron chi connectivity index (χ4n) is 4.51. The van der Waals surface area contributed by atoms with E-state index in [0.29, 0.717) is 5.41 Å². The Bertz CT molecular complexity index is 539. The van der Waals surface area contributed by atoms with Crippen molar-refractivity contribution in [2.75, 3.05) is 13.2 Å². The normalized spacial score (nSPS) is 28.7. The summed E-state index contributed by atoms with van der Waals surface area (Å²) in [4.78, 5) is 4.50. The zero-order valence-corrected chi connectivity index (χ0v) is 13.7. The molecule has 1 aromatic heterocycles. The van der Waals surface area contributed by atoms with Gasteiger partial charge in [-0.1, -0.05) is 0 Å². The van der Waals surface area contributed by atoms with Crippen LogP contribution in [0.5, 0.6) is 0 Å². The van der Waals surface area contributed by atoms with E-state index in [1.54, 1.807) is 0 Å². The van der Waals surface area contributed by atoms with E-state index in [-0.39, 0.29) is 11.3 Å². The lowest BCUT2D eigenvalue weighted by atomic mass is 9.51. The first-order valence-corrected chi connectivity index (χ1v) is 8.52. The van der Waals surface area contributed by atoms with Gasteiger partial charge < -0.3 is 15.2 Å². The molecule has 114 valence electrons. The highest BCUT2D eigenvalue weighted by Crippen LogP contribution is 2.61. The van der Waals surface area contributed by atoms with E-state index in [0.717, 1.165) is 61.9 Å². The lowest BCUT2D eigenvalue weighted by molar-refractivity contribution is -0.205. The topological polar surface area (TPSA) is 57.4 Å². The molecule has 4 nitrogen and oxygen atoms in total. The lowest BCUT2D eigenvalue weighted by Gasteiger charge is -2.58. The van der Waals surface area contributed by atoms with Crippen LogP contribution in [-0.2, 0) is 15.0 Å². The number of pyridine rings is 1. The molecule has 0 atom stereocenters. The van der Waals surface area contributed by atoms with Crippen molar-refractivity contribution in [1.29, 1.82) is 0 Å². The molecular formula is C16H21BrN2O2. The molecule has 3 aliphatic rings. The molecule has 5 heteroatoms. The van der Waals surface area contributed by atoms with Gasteiger partial charge in [0.1, 0.15) is 0 Å². The van der Waals surface area contributed by atoms with Crippen LogP contribution in [0, 0.1) is 5.41 Å². The van der Waals surface area contributed by atoms with E-state index in [1.807, 2.05) is 18.3 Å². The summed E-state index contributed by atoms with van der Waals surface area (Å²) in [5.41, 5.74) is 7.72. The number of aromatic nitrogens is 1. The Hall–Kier alpha value is -0.490. The van der Waals surface area contributed by atoms with Gasteiger partial charge in [0.2, 0.25) is 0 Å². The average Bonchev–Trinajstić information content (AvgIpc) is 2.90.